The molecule has 1 aliphatic rings. The predicted molar refractivity (Wildman–Crippen MR) is 55.8 cm³/mol. The standard InChI is InChI=1S/C11H11BrO/c1-11(5-6-11)10(13)8-3-2-4-9(12)7-8/h2-4,7H,5-6H2,1H3. The second kappa shape index (κ2) is 2.95. The highest BCUT2D eigenvalue weighted by Gasteiger charge is 2.44. The van der Waals surface area contributed by atoms with E-state index in [1.165, 1.54) is 0 Å². The van der Waals surface area contributed by atoms with Gasteiger partial charge in [-0.1, -0.05) is 35.0 Å². The van der Waals surface area contributed by atoms with Crippen molar-refractivity contribution in [3.05, 3.63) is 34.3 Å². The van der Waals surface area contributed by atoms with Crippen molar-refractivity contribution in [1.29, 1.82) is 0 Å². The van der Waals surface area contributed by atoms with Crippen LogP contribution in [0.3, 0.4) is 0 Å². The lowest BCUT2D eigenvalue weighted by Gasteiger charge is -2.06. The Bertz CT molecular complexity index is 353. The Morgan fingerprint density at radius 1 is 1.46 bits per heavy atom. The zero-order valence-corrected chi connectivity index (χ0v) is 9.10. The normalized spacial score (nSPS) is 18.3. The van der Waals surface area contributed by atoms with E-state index in [-0.39, 0.29) is 11.2 Å². The molecular formula is C11H11BrO. The molecule has 0 heterocycles. The monoisotopic (exact) mass is 238 g/mol. The summed E-state index contributed by atoms with van der Waals surface area (Å²) in [6.45, 7) is 2.04. The van der Waals surface area contributed by atoms with Gasteiger partial charge in [-0.15, -0.1) is 0 Å². The Hall–Kier alpha value is -0.630. The van der Waals surface area contributed by atoms with Gasteiger partial charge in [0.25, 0.3) is 0 Å². The zero-order valence-electron chi connectivity index (χ0n) is 7.51. The van der Waals surface area contributed by atoms with Crippen LogP contribution in [-0.2, 0) is 0 Å². The van der Waals surface area contributed by atoms with Crippen LogP contribution >= 0.6 is 15.9 Å². The van der Waals surface area contributed by atoms with E-state index in [1.807, 2.05) is 31.2 Å². The third kappa shape index (κ3) is 1.68. The maximum Gasteiger partial charge on any atom is 0.168 e. The summed E-state index contributed by atoms with van der Waals surface area (Å²) >= 11 is 3.37. The molecule has 0 spiro atoms. The van der Waals surface area contributed by atoms with Crippen molar-refractivity contribution < 1.29 is 4.79 Å². The molecule has 1 saturated carbocycles. The molecule has 1 aliphatic carbocycles. The number of carbonyl (C=O) groups excluding carboxylic acids is 1. The molecule has 0 N–H and O–H groups in total. The molecule has 1 aromatic carbocycles. The molecular weight excluding hydrogens is 228 g/mol. The van der Waals surface area contributed by atoms with Crippen molar-refractivity contribution in [2.45, 2.75) is 19.8 Å². The van der Waals surface area contributed by atoms with Crippen molar-refractivity contribution in [2.75, 3.05) is 0 Å². The average molecular weight is 239 g/mol. The third-order valence-electron chi connectivity index (χ3n) is 2.63. The summed E-state index contributed by atoms with van der Waals surface area (Å²) in [5.41, 5.74) is 0.773. The number of carbonyl (C=O) groups is 1. The van der Waals surface area contributed by atoms with Gasteiger partial charge < -0.3 is 0 Å². The summed E-state index contributed by atoms with van der Waals surface area (Å²) in [6, 6.07) is 7.62. The van der Waals surface area contributed by atoms with Crippen LogP contribution in [-0.4, -0.2) is 5.78 Å². The highest BCUT2D eigenvalue weighted by atomic mass is 79.9. The Morgan fingerprint density at radius 3 is 2.69 bits per heavy atom. The SMILES string of the molecule is CC1(C(=O)c2cccc(Br)c2)CC1. The van der Waals surface area contributed by atoms with E-state index in [1.54, 1.807) is 0 Å². The van der Waals surface area contributed by atoms with Crippen LogP contribution in [0.25, 0.3) is 0 Å². The van der Waals surface area contributed by atoms with Gasteiger partial charge >= 0.3 is 0 Å². The minimum absolute atomic E-state index is 0.0548. The van der Waals surface area contributed by atoms with Crippen LogP contribution in [0.4, 0.5) is 0 Å². The van der Waals surface area contributed by atoms with Crippen molar-refractivity contribution in [2.24, 2.45) is 5.41 Å². The van der Waals surface area contributed by atoms with Crippen LogP contribution in [0.15, 0.2) is 28.7 Å². The van der Waals surface area contributed by atoms with E-state index >= 15 is 0 Å². The van der Waals surface area contributed by atoms with E-state index in [9.17, 15) is 4.79 Å². The van der Waals surface area contributed by atoms with Crippen LogP contribution in [0, 0.1) is 5.41 Å². The summed E-state index contributed by atoms with van der Waals surface area (Å²) < 4.78 is 0.975. The number of hydrogen-bond donors (Lipinski definition) is 0. The molecule has 0 saturated heterocycles. The highest BCUT2D eigenvalue weighted by Crippen LogP contribution is 2.47. The first-order valence-corrected chi connectivity index (χ1v) is 5.21. The zero-order chi connectivity index (χ0) is 9.47. The van der Waals surface area contributed by atoms with Crippen LogP contribution < -0.4 is 0 Å². The van der Waals surface area contributed by atoms with Crippen LogP contribution in [0.1, 0.15) is 30.1 Å². The summed E-state index contributed by atoms with van der Waals surface area (Å²) in [7, 11) is 0. The van der Waals surface area contributed by atoms with E-state index in [4.69, 9.17) is 0 Å². The van der Waals surface area contributed by atoms with Gasteiger partial charge in [-0.05, 0) is 25.0 Å². The summed E-state index contributed by atoms with van der Waals surface area (Å²) in [5, 5.41) is 0. The quantitative estimate of drug-likeness (QED) is 0.722. The predicted octanol–water partition coefficient (Wildman–Crippen LogP) is 3.43. The molecule has 0 atom stereocenters. The van der Waals surface area contributed by atoms with E-state index in [0.717, 1.165) is 22.9 Å². The van der Waals surface area contributed by atoms with E-state index in [0.29, 0.717) is 0 Å². The van der Waals surface area contributed by atoms with Gasteiger partial charge in [0, 0.05) is 15.5 Å². The summed E-state index contributed by atoms with van der Waals surface area (Å²) in [4.78, 5) is 11.9. The van der Waals surface area contributed by atoms with Crippen molar-refractivity contribution in [3.63, 3.8) is 0 Å². The minimum atomic E-state index is -0.0548. The topological polar surface area (TPSA) is 17.1 Å². The molecule has 0 aromatic heterocycles. The smallest absolute Gasteiger partial charge is 0.168 e. The Labute approximate surface area is 86.3 Å². The second-order valence-corrected chi connectivity index (χ2v) is 4.82. The third-order valence-corrected chi connectivity index (χ3v) is 3.13. The molecule has 2 heteroatoms. The number of rotatable bonds is 2. The van der Waals surface area contributed by atoms with Gasteiger partial charge in [-0.2, -0.15) is 0 Å². The van der Waals surface area contributed by atoms with Gasteiger partial charge in [0.05, 0.1) is 0 Å². The van der Waals surface area contributed by atoms with Crippen molar-refractivity contribution in [1.82, 2.24) is 0 Å². The fourth-order valence-electron chi connectivity index (χ4n) is 1.39. The number of Topliss-reactive ketones (excluding diaryl/α,β-unsaturated/α-hetero) is 1. The molecule has 1 fully saturated rings. The van der Waals surface area contributed by atoms with E-state index in [2.05, 4.69) is 15.9 Å². The summed E-state index contributed by atoms with van der Waals surface area (Å²) in [6.07, 6.45) is 2.08. The molecule has 0 amide bonds. The maximum atomic E-state index is 11.9. The minimum Gasteiger partial charge on any atom is -0.294 e. The second-order valence-electron chi connectivity index (χ2n) is 3.90. The summed E-state index contributed by atoms with van der Waals surface area (Å²) in [5.74, 6) is 0.286. The lowest BCUT2D eigenvalue weighted by Crippen LogP contribution is -2.11. The molecule has 1 aromatic rings. The molecule has 0 bridgehead atoms. The fraction of sp³-hybridized carbons (Fsp3) is 0.364. The maximum absolute atomic E-state index is 11.9. The Balaban J connectivity index is 2.30. The van der Waals surface area contributed by atoms with Gasteiger partial charge in [0.2, 0.25) is 0 Å². The van der Waals surface area contributed by atoms with Crippen molar-refractivity contribution >= 4 is 21.7 Å². The molecule has 0 unspecified atom stereocenters. The van der Waals surface area contributed by atoms with Gasteiger partial charge in [-0.3, -0.25) is 4.79 Å². The number of benzene rings is 1. The molecule has 2 rings (SSSR count). The number of halogens is 1. The highest BCUT2D eigenvalue weighted by molar-refractivity contribution is 9.10. The molecule has 1 nitrogen and oxygen atoms in total. The van der Waals surface area contributed by atoms with Gasteiger partial charge in [0.1, 0.15) is 0 Å². The molecule has 0 radical (unpaired) electrons. The van der Waals surface area contributed by atoms with Crippen LogP contribution in [0.2, 0.25) is 0 Å². The lowest BCUT2D eigenvalue weighted by atomic mass is 9.97. The fourth-order valence-corrected chi connectivity index (χ4v) is 1.79. The molecule has 68 valence electrons. The van der Waals surface area contributed by atoms with Gasteiger partial charge in [0.15, 0.2) is 5.78 Å². The molecule has 13 heavy (non-hydrogen) atoms. The Morgan fingerprint density at radius 2 is 2.15 bits per heavy atom. The van der Waals surface area contributed by atoms with Gasteiger partial charge in [-0.25, -0.2) is 0 Å². The Kier molecular flexibility index (Phi) is 2.03. The average Bonchev–Trinajstić information content (AvgIpc) is 2.84. The van der Waals surface area contributed by atoms with Crippen LogP contribution in [0.5, 0.6) is 0 Å². The first kappa shape index (κ1) is 8.95. The van der Waals surface area contributed by atoms with E-state index < -0.39 is 0 Å². The first-order valence-electron chi connectivity index (χ1n) is 4.42. The number of hydrogen-bond acceptors (Lipinski definition) is 1. The lowest BCUT2D eigenvalue weighted by molar-refractivity contribution is 0.0912. The molecule has 0 aliphatic heterocycles. The first-order chi connectivity index (χ1) is 6.12. The largest absolute Gasteiger partial charge is 0.294 e. The number of ketones is 1. The van der Waals surface area contributed by atoms with Crippen molar-refractivity contribution in [3.8, 4) is 0 Å².